The van der Waals surface area contributed by atoms with Crippen LogP contribution in [0.5, 0.6) is 0 Å². The molecule has 2 atom stereocenters. The van der Waals surface area contributed by atoms with Crippen molar-refractivity contribution >= 4 is 23.5 Å². The summed E-state index contributed by atoms with van der Waals surface area (Å²) >= 11 is 3.13. The minimum absolute atomic E-state index is 0.375. The first-order valence-corrected chi connectivity index (χ1v) is 10.0. The Bertz CT molecular complexity index is 512. The minimum atomic E-state index is -0.419. The van der Waals surface area contributed by atoms with Crippen molar-refractivity contribution < 1.29 is 19.7 Å². The number of methoxy groups -OCH3 is 2. The molecule has 6 nitrogen and oxygen atoms in total. The summed E-state index contributed by atoms with van der Waals surface area (Å²) in [5.41, 5.74) is 0. The molecule has 0 amide bonds. The van der Waals surface area contributed by atoms with E-state index in [1.165, 1.54) is 11.8 Å². The number of aliphatic hydroxyl groups is 2. The molecule has 2 unspecified atom stereocenters. The van der Waals surface area contributed by atoms with Crippen LogP contribution in [0.15, 0.2) is 58.8 Å². The highest BCUT2D eigenvalue weighted by atomic mass is 32.2. The Hall–Kier alpha value is -1.16. The quantitative estimate of drug-likeness (QED) is 0.590. The van der Waals surface area contributed by atoms with Crippen LogP contribution in [0.25, 0.3) is 0 Å². The molecule has 0 aliphatic heterocycles. The molecular formula is C18H26N2O4S2. The Kier molecular flexibility index (Phi) is 13.2. The predicted molar refractivity (Wildman–Crippen MR) is 106 cm³/mol. The van der Waals surface area contributed by atoms with Crippen LogP contribution in [0.2, 0.25) is 0 Å². The molecule has 2 aromatic heterocycles. The first-order chi connectivity index (χ1) is 12.7. The predicted octanol–water partition coefficient (Wildman–Crippen LogP) is 2.36. The average molecular weight is 399 g/mol. The fourth-order valence-electron chi connectivity index (χ4n) is 1.72. The van der Waals surface area contributed by atoms with E-state index in [4.69, 9.17) is 9.47 Å². The van der Waals surface area contributed by atoms with Crippen molar-refractivity contribution in [2.24, 2.45) is 0 Å². The zero-order valence-corrected chi connectivity index (χ0v) is 16.7. The van der Waals surface area contributed by atoms with E-state index in [2.05, 4.69) is 9.97 Å². The molecule has 2 N–H and O–H groups in total. The number of rotatable bonds is 10. The van der Waals surface area contributed by atoms with Crippen LogP contribution in [-0.2, 0) is 9.47 Å². The van der Waals surface area contributed by atoms with Gasteiger partial charge in [-0.05, 0) is 24.3 Å². The second-order valence-corrected chi connectivity index (χ2v) is 7.32. The summed E-state index contributed by atoms with van der Waals surface area (Å²) in [4.78, 5) is 9.15. The van der Waals surface area contributed by atoms with E-state index in [1.54, 1.807) is 44.6 Å². The van der Waals surface area contributed by atoms with Gasteiger partial charge >= 0.3 is 0 Å². The number of aromatic nitrogens is 2. The second-order valence-electron chi connectivity index (χ2n) is 5.19. The summed E-state index contributed by atoms with van der Waals surface area (Å²) in [5.74, 6) is 1.27. The van der Waals surface area contributed by atoms with Gasteiger partial charge in [0.25, 0.3) is 0 Å². The molecule has 0 radical (unpaired) electrons. The Labute approximate surface area is 163 Å². The Morgan fingerprint density at radius 1 is 0.885 bits per heavy atom. The average Bonchev–Trinajstić information content (AvgIpc) is 2.67. The van der Waals surface area contributed by atoms with Crippen molar-refractivity contribution in [1.29, 1.82) is 0 Å². The Morgan fingerprint density at radius 2 is 1.50 bits per heavy atom. The van der Waals surface area contributed by atoms with Gasteiger partial charge in [0.05, 0.1) is 30.4 Å². The van der Waals surface area contributed by atoms with Crippen molar-refractivity contribution in [3.05, 3.63) is 48.9 Å². The number of hydrogen-bond acceptors (Lipinski definition) is 8. The van der Waals surface area contributed by atoms with Crippen LogP contribution in [0.1, 0.15) is 0 Å². The van der Waals surface area contributed by atoms with Gasteiger partial charge in [-0.1, -0.05) is 6.07 Å². The molecule has 26 heavy (non-hydrogen) atoms. The van der Waals surface area contributed by atoms with Crippen LogP contribution in [0.3, 0.4) is 0 Å². The lowest BCUT2D eigenvalue weighted by Gasteiger charge is -2.07. The van der Waals surface area contributed by atoms with E-state index < -0.39 is 12.2 Å². The third-order valence-electron chi connectivity index (χ3n) is 2.87. The fraction of sp³-hybridized carbons (Fsp3) is 0.444. The third kappa shape index (κ3) is 11.5. The standard InChI is InChI=1S/2C9H13NO2S/c1-12-6-8(11)7-13-9-2-4-10-5-3-9;1-12-6-8(11)7-13-9-4-2-3-5-10-9/h2*2-5,8,11H,6-7H2,1H3. The molecular weight excluding hydrogens is 372 g/mol. The fourth-order valence-corrected chi connectivity index (χ4v) is 3.29. The maximum absolute atomic E-state index is 9.35. The first-order valence-electron chi connectivity index (χ1n) is 8.06. The van der Waals surface area contributed by atoms with E-state index >= 15 is 0 Å². The molecule has 0 aliphatic rings. The highest BCUT2D eigenvalue weighted by Gasteiger charge is 2.04. The Balaban J connectivity index is 0.000000260. The summed E-state index contributed by atoms with van der Waals surface area (Å²) in [6.45, 7) is 0.762. The molecule has 0 fully saturated rings. The summed E-state index contributed by atoms with van der Waals surface area (Å²) in [6, 6.07) is 9.56. The van der Waals surface area contributed by atoms with E-state index in [0.717, 1.165) is 9.92 Å². The molecule has 144 valence electrons. The van der Waals surface area contributed by atoms with Crippen molar-refractivity contribution in [2.75, 3.05) is 38.9 Å². The van der Waals surface area contributed by atoms with Crippen LogP contribution < -0.4 is 0 Å². The third-order valence-corrected chi connectivity index (χ3v) is 5.12. The molecule has 2 rings (SSSR count). The summed E-state index contributed by atoms with van der Waals surface area (Å²) < 4.78 is 9.62. The number of ether oxygens (including phenoxy) is 2. The zero-order valence-electron chi connectivity index (χ0n) is 15.0. The van der Waals surface area contributed by atoms with Crippen LogP contribution in [0.4, 0.5) is 0 Å². The summed E-state index contributed by atoms with van der Waals surface area (Å²) in [6.07, 6.45) is 4.40. The van der Waals surface area contributed by atoms with Gasteiger partial charge in [0.1, 0.15) is 0 Å². The summed E-state index contributed by atoms with van der Waals surface area (Å²) in [5, 5.41) is 19.6. The van der Waals surface area contributed by atoms with E-state index in [9.17, 15) is 10.2 Å². The maximum atomic E-state index is 9.35. The van der Waals surface area contributed by atoms with Gasteiger partial charge in [-0.15, -0.1) is 23.5 Å². The number of nitrogens with zero attached hydrogens (tertiary/aromatic N) is 2. The molecule has 0 bridgehead atoms. The number of aliphatic hydroxyl groups excluding tert-OH is 2. The van der Waals surface area contributed by atoms with E-state index in [0.29, 0.717) is 24.7 Å². The molecule has 8 heteroatoms. The lowest BCUT2D eigenvalue weighted by molar-refractivity contribution is 0.0793. The van der Waals surface area contributed by atoms with Crippen LogP contribution in [-0.4, -0.2) is 71.3 Å². The van der Waals surface area contributed by atoms with Gasteiger partial charge < -0.3 is 19.7 Å². The lowest BCUT2D eigenvalue weighted by Crippen LogP contribution is -2.16. The number of pyridine rings is 2. The first kappa shape index (κ1) is 22.9. The molecule has 0 spiro atoms. The monoisotopic (exact) mass is 398 g/mol. The smallest absolute Gasteiger partial charge is 0.0960 e. The number of hydrogen-bond donors (Lipinski definition) is 2. The van der Waals surface area contributed by atoms with Crippen molar-refractivity contribution in [1.82, 2.24) is 9.97 Å². The highest BCUT2D eigenvalue weighted by molar-refractivity contribution is 7.99. The van der Waals surface area contributed by atoms with Gasteiger partial charge in [0, 0.05) is 49.2 Å². The highest BCUT2D eigenvalue weighted by Crippen LogP contribution is 2.17. The van der Waals surface area contributed by atoms with Gasteiger partial charge in [0.2, 0.25) is 0 Å². The van der Waals surface area contributed by atoms with Gasteiger partial charge in [0.15, 0.2) is 0 Å². The van der Waals surface area contributed by atoms with Crippen LogP contribution in [0, 0.1) is 0 Å². The largest absolute Gasteiger partial charge is 0.390 e. The molecule has 2 aromatic rings. The number of thioether (sulfide) groups is 2. The second kappa shape index (κ2) is 15.0. The van der Waals surface area contributed by atoms with Gasteiger partial charge in [-0.2, -0.15) is 0 Å². The summed E-state index contributed by atoms with van der Waals surface area (Å²) in [7, 11) is 3.16. The normalized spacial score (nSPS) is 12.8. The van der Waals surface area contributed by atoms with Gasteiger partial charge in [-0.25, -0.2) is 4.98 Å². The molecule has 0 aromatic carbocycles. The van der Waals surface area contributed by atoms with Crippen molar-refractivity contribution in [3.63, 3.8) is 0 Å². The minimum Gasteiger partial charge on any atom is -0.390 e. The maximum Gasteiger partial charge on any atom is 0.0960 e. The molecule has 0 saturated heterocycles. The topological polar surface area (TPSA) is 84.7 Å². The molecule has 0 aliphatic carbocycles. The van der Waals surface area contributed by atoms with Gasteiger partial charge in [-0.3, -0.25) is 4.98 Å². The SMILES string of the molecule is COCC(O)CSc1ccccn1.COCC(O)CSc1ccncc1. The zero-order chi connectivity index (χ0) is 19.0. The van der Waals surface area contributed by atoms with E-state index in [1.807, 2.05) is 30.3 Å². The van der Waals surface area contributed by atoms with Crippen molar-refractivity contribution in [2.45, 2.75) is 22.1 Å². The van der Waals surface area contributed by atoms with E-state index in [-0.39, 0.29) is 0 Å². The van der Waals surface area contributed by atoms with Crippen LogP contribution >= 0.6 is 23.5 Å². The van der Waals surface area contributed by atoms with Crippen molar-refractivity contribution in [3.8, 4) is 0 Å². The lowest BCUT2D eigenvalue weighted by atomic mass is 10.4. The molecule has 0 saturated carbocycles. The Morgan fingerprint density at radius 3 is 2.04 bits per heavy atom. The molecule has 2 heterocycles.